The number of nitrogens with one attached hydrogen (secondary N) is 2. The molecule has 1 atom stereocenters. The van der Waals surface area contributed by atoms with Crippen molar-refractivity contribution in [3.63, 3.8) is 0 Å². The predicted molar refractivity (Wildman–Crippen MR) is 110 cm³/mol. The highest BCUT2D eigenvalue weighted by Crippen LogP contribution is 2.27. The number of imidazole rings is 1. The van der Waals surface area contributed by atoms with Gasteiger partial charge in [0.05, 0.1) is 11.0 Å². The highest BCUT2D eigenvalue weighted by atomic mass is 16.2. The van der Waals surface area contributed by atoms with Gasteiger partial charge in [-0.25, -0.2) is 9.97 Å². The molecule has 0 aliphatic carbocycles. The molecule has 3 aromatic heterocycles. The minimum Gasteiger partial charge on any atom is -0.351 e. The molecule has 0 spiro atoms. The van der Waals surface area contributed by atoms with Crippen LogP contribution in [0.3, 0.4) is 0 Å². The third kappa shape index (κ3) is 2.75. The number of aryl methyl sites for hydroxylation is 1. The lowest BCUT2D eigenvalue weighted by molar-refractivity contribution is 0.0950. The van der Waals surface area contributed by atoms with E-state index in [9.17, 15) is 9.59 Å². The van der Waals surface area contributed by atoms with Crippen molar-refractivity contribution in [3.8, 4) is 0 Å². The molecule has 1 unspecified atom stereocenters. The molecule has 1 aliphatic heterocycles. The number of aromatic nitrogens is 4. The van der Waals surface area contributed by atoms with Gasteiger partial charge < -0.3 is 14.5 Å². The maximum Gasteiger partial charge on any atom is 0.276 e. The zero-order valence-corrected chi connectivity index (χ0v) is 16.1. The Bertz CT molecular complexity index is 1290. The van der Waals surface area contributed by atoms with Crippen LogP contribution in [0.25, 0.3) is 22.1 Å². The summed E-state index contributed by atoms with van der Waals surface area (Å²) < 4.78 is 3.75. The molecule has 4 aromatic rings. The van der Waals surface area contributed by atoms with Crippen LogP contribution in [0.1, 0.15) is 40.4 Å². The lowest BCUT2D eigenvalue weighted by Crippen LogP contribution is -2.22. The van der Waals surface area contributed by atoms with Crippen LogP contribution < -0.4 is 10.6 Å². The van der Waals surface area contributed by atoms with Crippen LogP contribution in [0, 0.1) is 0 Å². The molecule has 1 aliphatic rings. The van der Waals surface area contributed by atoms with E-state index < -0.39 is 0 Å². The van der Waals surface area contributed by atoms with Crippen LogP contribution in [0.15, 0.2) is 42.5 Å². The number of pyridine rings is 1. The highest BCUT2D eigenvalue weighted by Gasteiger charge is 2.24. The zero-order chi connectivity index (χ0) is 20.1. The summed E-state index contributed by atoms with van der Waals surface area (Å²) in [6, 6.07) is 13.1. The fourth-order valence-electron chi connectivity index (χ4n) is 3.88. The van der Waals surface area contributed by atoms with Gasteiger partial charge in [0.1, 0.15) is 17.0 Å². The molecule has 2 N–H and O–H groups in total. The first-order valence-electron chi connectivity index (χ1n) is 9.56. The molecular weight excluding hydrogens is 368 g/mol. The van der Waals surface area contributed by atoms with Gasteiger partial charge in [0.15, 0.2) is 0 Å². The van der Waals surface area contributed by atoms with Crippen molar-refractivity contribution >= 4 is 39.8 Å². The van der Waals surface area contributed by atoms with E-state index >= 15 is 0 Å². The van der Waals surface area contributed by atoms with Crippen molar-refractivity contribution in [1.29, 1.82) is 0 Å². The first kappa shape index (κ1) is 17.4. The predicted octanol–water partition coefficient (Wildman–Crippen LogP) is 2.87. The van der Waals surface area contributed by atoms with Crippen molar-refractivity contribution in [2.75, 3.05) is 11.9 Å². The van der Waals surface area contributed by atoms with Gasteiger partial charge in [-0.2, -0.15) is 0 Å². The molecule has 0 fully saturated rings. The molecule has 8 nitrogen and oxygen atoms in total. The van der Waals surface area contributed by atoms with Crippen molar-refractivity contribution in [2.45, 2.75) is 19.4 Å². The average molecular weight is 388 g/mol. The number of benzene rings is 1. The van der Waals surface area contributed by atoms with E-state index in [1.165, 1.54) is 0 Å². The molecule has 1 aromatic carbocycles. The molecule has 146 valence electrons. The lowest BCUT2D eigenvalue weighted by atomic mass is 10.2. The van der Waals surface area contributed by atoms with Crippen LogP contribution in [0.2, 0.25) is 0 Å². The molecule has 0 saturated heterocycles. The number of amides is 2. The molecule has 5 rings (SSSR count). The zero-order valence-electron chi connectivity index (χ0n) is 16.1. The lowest BCUT2D eigenvalue weighted by Gasteiger charge is -2.13. The van der Waals surface area contributed by atoms with E-state index in [-0.39, 0.29) is 23.6 Å². The number of hydrogen-bond acceptors (Lipinski definition) is 4. The van der Waals surface area contributed by atoms with Crippen molar-refractivity contribution in [3.05, 3.63) is 53.9 Å². The summed E-state index contributed by atoms with van der Waals surface area (Å²) in [5.41, 5.74) is 3.24. The van der Waals surface area contributed by atoms with Crippen molar-refractivity contribution in [2.24, 2.45) is 7.05 Å². The van der Waals surface area contributed by atoms with Crippen LogP contribution in [0.4, 0.5) is 5.95 Å². The number of nitrogens with zero attached hydrogens (tertiary/aromatic N) is 4. The van der Waals surface area contributed by atoms with E-state index in [0.717, 1.165) is 22.8 Å². The topological polar surface area (TPSA) is 93.8 Å². The standard InChI is InChI=1S/C21H20N6O2/c1-12-9-10-22-20(29)17-11-13-7-8-15(23-18(13)27(12)17)19(28)25-21-24-14-5-3-4-6-16(14)26(21)2/h3-8,11-12H,9-10H2,1-2H3,(H,22,29)(H,24,25,28). The fraction of sp³-hybridized carbons (Fsp3) is 0.238. The highest BCUT2D eigenvalue weighted by molar-refractivity contribution is 6.04. The quantitative estimate of drug-likeness (QED) is 0.552. The van der Waals surface area contributed by atoms with Gasteiger partial charge in [0, 0.05) is 25.0 Å². The average Bonchev–Trinajstić information content (AvgIpc) is 3.21. The summed E-state index contributed by atoms with van der Waals surface area (Å²) in [5, 5.41) is 6.59. The van der Waals surface area contributed by atoms with Crippen molar-refractivity contribution in [1.82, 2.24) is 24.4 Å². The van der Waals surface area contributed by atoms with Gasteiger partial charge in [-0.1, -0.05) is 12.1 Å². The smallest absolute Gasteiger partial charge is 0.276 e. The van der Waals surface area contributed by atoms with Gasteiger partial charge in [-0.3, -0.25) is 14.9 Å². The summed E-state index contributed by atoms with van der Waals surface area (Å²) in [7, 11) is 1.86. The summed E-state index contributed by atoms with van der Waals surface area (Å²) in [5.74, 6) is 0.00413. The third-order valence-electron chi connectivity index (χ3n) is 5.45. The van der Waals surface area contributed by atoms with Gasteiger partial charge in [0.25, 0.3) is 11.8 Å². The Labute approximate surface area is 166 Å². The Morgan fingerprint density at radius 2 is 2.03 bits per heavy atom. The van der Waals surface area contributed by atoms with E-state index in [2.05, 4.69) is 27.5 Å². The summed E-state index contributed by atoms with van der Waals surface area (Å²) in [6.07, 6.45) is 0.806. The molecule has 29 heavy (non-hydrogen) atoms. The minimum absolute atomic E-state index is 0.104. The second-order valence-corrected chi connectivity index (χ2v) is 7.34. The van der Waals surface area contributed by atoms with E-state index in [0.29, 0.717) is 23.8 Å². The number of fused-ring (bicyclic) bond motifs is 4. The fourth-order valence-corrected chi connectivity index (χ4v) is 3.88. The van der Waals surface area contributed by atoms with Gasteiger partial charge in [-0.05, 0) is 43.7 Å². The maximum atomic E-state index is 12.9. The SMILES string of the molecule is CC1CCNC(=O)c2cc3ccc(C(=O)Nc4nc5ccccc5n4C)nc3n21. The second kappa shape index (κ2) is 6.44. The molecule has 2 amide bonds. The van der Waals surface area contributed by atoms with Gasteiger partial charge >= 0.3 is 0 Å². The Hall–Kier alpha value is -3.68. The summed E-state index contributed by atoms with van der Waals surface area (Å²) in [6.45, 7) is 2.67. The Kier molecular flexibility index (Phi) is 3.87. The normalized spacial score (nSPS) is 16.5. The molecule has 4 heterocycles. The first-order chi connectivity index (χ1) is 14.0. The Morgan fingerprint density at radius 1 is 1.21 bits per heavy atom. The van der Waals surface area contributed by atoms with Crippen LogP contribution in [-0.4, -0.2) is 37.5 Å². The largest absolute Gasteiger partial charge is 0.351 e. The Morgan fingerprint density at radius 3 is 2.86 bits per heavy atom. The van der Waals surface area contributed by atoms with Gasteiger partial charge in [-0.15, -0.1) is 0 Å². The maximum absolute atomic E-state index is 12.9. The number of hydrogen-bond donors (Lipinski definition) is 2. The Balaban J connectivity index is 1.53. The molecular formula is C21H20N6O2. The third-order valence-corrected chi connectivity index (χ3v) is 5.45. The van der Waals surface area contributed by atoms with Crippen LogP contribution in [0.5, 0.6) is 0 Å². The van der Waals surface area contributed by atoms with E-state index in [1.54, 1.807) is 6.07 Å². The van der Waals surface area contributed by atoms with Crippen molar-refractivity contribution < 1.29 is 9.59 Å². The van der Waals surface area contributed by atoms with Crippen LogP contribution in [-0.2, 0) is 7.05 Å². The van der Waals surface area contributed by atoms with E-state index in [1.807, 2.05) is 52.6 Å². The number of carbonyl (C=O) groups excluding carboxylic acids is 2. The number of rotatable bonds is 2. The number of para-hydroxylation sites is 2. The first-order valence-corrected chi connectivity index (χ1v) is 9.56. The molecule has 0 radical (unpaired) electrons. The van der Waals surface area contributed by atoms with Crippen LogP contribution >= 0.6 is 0 Å². The number of carbonyl (C=O) groups is 2. The molecule has 8 heteroatoms. The minimum atomic E-state index is -0.341. The van der Waals surface area contributed by atoms with E-state index in [4.69, 9.17) is 0 Å². The summed E-state index contributed by atoms with van der Waals surface area (Å²) in [4.78, 5) is 34.3. The molecule has 0 bridgehead atoms. The van der Waals surface area contributed by atoms with Gasteiger partial charge in [0.2, 0.25) is 5.95 Å². The monoisotopic (exact) mass is 388 g/mol. The number of anilines is 1. The second-order valence-electron chi connectivity index (χ2n) is 7.34. The summed E-state index contributed by atoms with van der Waals surface area (Å²) >= 11 is 0. The molecule has 0 saturated carbocycles.